The third-order valence-corrected chi connectivity index (χ3v) is 3.34. The first kappa shape index (κ1) is 12.0. The first-order chi connectivity index (χ1) is 8.09. The van der Waals surface area contributed by atoms with E-state index in [1.54, 1.807) is 13.8 Å². The molecule has 0 amide bonds. The maximum absolute atomic E-state index is 11.9. The van der Waals surface area contributed by atoms with Gasteiger partial charge in [-0.1, -0.05) is 0 Å². The van der Waals surface area contributed by atoms with Crippen LogP contribution < -0.4 is 5.32 Å². The molecule has 17 heavy (non-hydrogen) atoms. The van der Waals surface area contributed by atoms with E-state index in [4.69, 9.17) is 4.74 Å². The summed E-state index contributed by atoms with van der Waals surface area (Å²) in [4.78, 5) is 23.5. The molecule has 1 aliphatic carbocycles. The summed E-state index contributed by atoms with van der Waals surface area (Å²) in [6.07, 6.45) is 3.62. The van der Waals surface area contributed by atoms with Crippen molar-refractivity contribution in [2.75, 3.05) is 13.2 Å². The maximum Gasteiger partial charge on any atom is 0.205 e. The molecule has 4 heteroatoms. The van der Waals surface area contributed by atoms with Crippen molar-refractivity contribution in [1.29, 1.82) is 0 Å². The first-order valence-electron chi connectivity index (χ1n) is 5.93. The molecule has 0 aromatic rings. The molecular weight excluding hydrogens is 218 g/mol. The van der Waals surface area contributed by atoms with Crippen LogP contribution in [-0.2, 0) is 14.3 Å². The molecule has 1 N–H and O–H groups in total. The lowest BCUT2D eigenvalue weighted by atomic mass is 9.95. The summed E-state index contributed by atoms with van der Waals surface area (Å²) in [6, 6.07) is 0. The number of Topliss-reactive ketones (excluding diaryl/α,β-unsaturated/α-hetero) is 1. The van der Waals surface area contributed by atoms with Gasteiger partial charge in [-0.3, -0.25) is 9.59 Å². The molecule has 0 spiro atoms. The van der Waals surface area contributed by atoms with E-state index in [1.165, 1.54) is 6.08 Å². The molecule has 4 nitrogen and oxygen atoms in total. The van der Waals surface area contributed by atoms with Crippen molar-refractivity contribution in [2.24, 2.45) is 0 Å². The number of ether oxygens (including phenoxy) is 1. The Morgan fingerprint density at radius 1 is 1.35 bits per heavy atom. The Morgan fingerprint density at radius 3 is 2.76 bits per heavy atom. The smallest absolute Gasteiger partial charge is 0.205 e. The minimum Gasteiger partial charge on any atom is -0.379 e. The Labute approximate surface area is 101 Å². The molecule has 1 aliphatic heterocycles. The van der Waals surface area contributed by atoms with Crippen LogP contribution in [0.5, 0.6) is 0 Å². The fraction of sp³-hybridized carbons (Fsp3) is 0.538. The summed E-state index contributed by atoms with van der Waals surface area (Å²) >= 11 is 0. The van der Waals surface area contributed by atoms with Crippen LogP contribution in [0.3, 0.4) is 0 Å². The first-order valence-corrected chi connectivity index (χ1v) is 5.93. The fourth-order valence-electron chi connectivity index (χ4n) is 2.02. The van der Waals surface area contributed by atoms with E-state index in [1.807, 2.05) is 0 Å². The highest BCUT2D eigenvalue weighted by atomic mass is 16.5. The number of carbonyl (C=O) groups is 2. The number of nitrogens with one attached hydrogen (secondary N) is 1. The lowest BCUT2D eigenvalue weighted by Crippen LogP contribution is -2.32. The summed E-state index contributed by atoms with van der Waals surface area (Å²) in [7, 11) is 0. The van der Waals surface area contributed by atoms with Gasteiger partial charge in [0.1, 0.15) is 0 Å². The van der Waals surface area contributed by atoms with Crippen LogP contribution in [0.25, 0.3) is 0 Å². The van der Waals surface area contributed by atoms with Gasteiger partial charge in [0.15, 0.2) is 5.78 Å². The average Bonchev–Trinajstić information content (AvgIpc) is 2.82. The minimum absolute atomic E-state index is 0.0832. The Morgan fingerprint density at radius 2 is 2.12 bits per heavy atom. The van der Waals surface area contributed by atoms with Gasteiger partial charge in [-0.2, -0.15) is 0 Å². The number of allylic oxidation sites excluding steroid dienone is 3. The van der Waals surface area contributed by atoms with Gasteiger partial charge in [-0.25, -0.2) is 0 Å². The highest BCUT2D eigenvalue weighted by Crippen LogP contribution is 2.17. The molecule has 0 aromatic carbocycles. The molecule has 1 atom stereocenters. The molecular formula is C13H17NO3. The van der Waals surface area contributed by atoms with Gasteiger partial charge in [0, 0.05) is 30.4 Å². The predicted octanol–water partition coefficient (Wildman–Crippen LogP) is 1.13. The second-order valence-electron chi connectivity index (χ2n) is 4.52. The zero-order valence-electron chi connectivity index (χ0n) is 10.2. The minimum atomic E-state index is -0.0862. The standard InChI is InChI=1S/C13H17NO3/c1-8-9(2)13(16)11(6-12(8)15)14-7-10-4-3-5-17-10/h6,10,14H,3-5,7H2,1-2H3/t10-/m1/s1. The van der Waals surface area contributed by atoms with Gasteiger partial charge in [0.2, 0.25) is 5.78 Å². The van der Waals surface area contributed by atoms with E-state index in [0.29, 0.717) is 23.4 Å². The number of carbonyl (C=O) groups excluding carboxylic acids is 2. The third kappa shape index (κ3) is 2.47. The SMILES string of the molecule is CC1=C(C)C(=O)C(NC[C@H]2CCCO2)=CC1=O. The van der Waals surface area contributed by atoms with Crippen LogP contribution in [0.1, 0.15) is 26.7 Å². The average molecular weight is 235 g/mol. The predicted molar refractivity (Wildman–Crippen MR) is 63.4 cm³/mol. The van der Waals surface area contributed by atoms with Crippen molar-refractivity contribution in [1.82, 2.24) is 5.32 Å². The van der Waals surface area contributed by atoms with Crippen molar-refractivity contribution < 1.29 is 14.3 Å². The van der Waals surface area contributed by atoms with Gasteiger partial charge in [-0.15, -0.1) is 0 Å². The fourth-order valence-corrected chi connectivity index (χ4v) is 2.02. The highest BCUT2D eigenvalue weighted by Gasteiger charge is 2.24. The van der Waals surface area contributed by atoms with Crippen LogP contribution in [-0.4, -0.2) is 30.8 Å². The number of hydrogen-bond acceptors (Lipinski definition) is 4. The molecule has 1 heterocycles. The van der Waals surface area contributed by atoms with E-state index in [-0.39, 0.29) is 17.7 Å². The molecule has 1 saturated heterocycles. The monoisotopic (exact) mass is 235 g/mol. The summed E-state index contributed by atoms with van der Waals surface area (Å²) in [6.45, 7) is 4.76. The maximum atomic E-state index is 11.9. The quantitative estimate of drug-likeness (QED) is 0.745. The van der Waals surface area contributed by atoms with E-state index < -0.39 is 0 Å². The largest absolute Gasteiger partial charge is 0.379 e. The molecule has 0 aromatic heterocycles. The zero-order valence-corrected chi connectivity index (χ0v) is 10.2. The van der Waals surface area contributed by atoms with Crippen molar-refractivity contribution in [3.05, 3.63) is 22.9 Å². The highest BCUT2D eigenvalue weighted by molar-refractivity contribution is 6.21. The van der Waals surface area contributed by atoms with E-state index in [0.717, 1.165) is 19.4 Å². The molecule has 0 saturated carbocycles. The molecule has 0 unspecified atom stereocenters. The van der Waals surface area contributed by atoms with Gasteiger partial charge < -0.3 is 10.1 Å². The molecule has 2 aliphatic rings. The van der Waals surface area contributed by atoms with Crippen molar-refractivity contribution in [3.8, 4) is 0 Å². The summed E-state index contributed by atoms with van der Waals surface area (Å²) in [5.41, 5.74) is 1.47. The van der Waals surface area contributed by atoms with Gasteiger partial charge >= 0.3 is 0 Å². The normalized spacial score (nSPS) is 25.3. The molecule has 0 radical (unpaired) electrons. The van der Waals surface area contributed by atoms with Gasteiger partial charge in [0.25, 0.3) is 0 Å². The number of hydrogen-bond donors (Lipinski definition) is 1. The third-order valence-electron chi connectivity index (χ3n) is 3.34. The van der Waals surface area contributed by atoms with Gasteiger partial charge in [-0.05, 0) is 26.7 Å². The lowest BCUT2D eigenvalue weighted by molar-refractivity contribution is -0.116. The van der Waals surface area contributed by atoms with Gasteiger partial charge in [0.05, 0.1) is 11.8 Å². The molecule has 0 bridgehead atoms. The van der Waals surface area contributed by atoms with Crippen LogP contribution >= 0.6 is 0 Å². The van der Waals surface area contributed by atoms with Crippen molar-refractivity contribution in [2.45, 2.75) is 32.8 Å². The second-order valence-corrected chi connectivity index (χ2v) is 4.52. The Balaban J connectivity index is 1.99. The van der Waals surface area contributed by atoms with E-state index in [9.17, 15) is 9.59 Å². The molecule has 2 rings (SSSR count). The topological polar surface area (TPSA) is 55.4 Å². The van der Waals surface area contributed by atoms with E-state index >= 15 is 0 Å². The Hall–Kier alpha value is -1.42. The van der Waals surface area contributed by atoms with Crippen molar-refractivity contribution >= 4 is 11.6 Å². The Kier molecular flexibility index (Phi) is 3.43. The lowest BCUT2D eigenvalue weighted by Gasteiger charge is -2.17. The van der Waals surface area contributed by atoms with Crippen molar-refractivity contribution in [3.63, 3.8) is 0 Å². The summed E-state index contributed by atoms with van der Waals surface area (Å²) in [5.74, 6) is -0.169. The van der Waals surface area contributed by atoms with Crippen LogP contribution in [0.2, 0.25) is 0 Å². The van der Waals surface area contributed by atoms with Crippen LogP contribution in [0, 0.1) is 0 Å². The second kappa shape index (κ2) is 4.84. The molecule has 1 fully saturated rings. The van der Waals surface area contributed by atoms with Crippen LogP contribution in [0.4, 0.5) is 0 Å². The Bertz CT molecular complexity index is 414. The number of rotatable bonds is 3. The molecule has 92 valence electrons. The zero-order chi connectivity index (χ0) is 12.4. The number of ketones is 2. The van der Waals surface area contributed by atoms with Crippen LogP contribution in [0.15, 0.2) is 22.9 Å². The summed E-state index contributed by atoms with van der Waals surface area (Å²) < 4.78 is 5.46. The van der Waals surface area contributed by atoms with E-state index in [2.05, 4.69) is 5.32 Å². The summed E-state index contributed by atoms with van der Waals surface area (Å²) in [5, 5.41) is 3.03.